The fraction of sp³-hybridized carbons (Fsp3) is 0.300. The molecule has 0 spiro atoms. The third kappa shape index (κ3) is 6.13. The molecule has 152 valence electrons. The number of tetrazole rings is 1. The van der Waals surface area contributed by atoms with E-state index in [1.165, 1.54) is 12.1 Å². The molecule has 0 unspecified atom stereocenters. The number of amides is 1. The fourth-order valence-electron chi connectivity index (χ4n) is 3.06. The average molecular weight is 403 g/mol. The lowest BCUT2D eigenvalue weighted by atomic mass is 10.0. The van der Waals surface area contributed by atoms with Gasteiger partial charge in [-0.25, -0.2) is 0 Å². The number of rotatable bonds is 7. The SMILES string of the molecule is Cc1cccc(CC(=O)N[C@@H](Cc2ccc(C(F)(F)F)cc2)Cc2nn[nH]n2)c1. The van der Waals surface area contributed by atoms with E-state index >= 15 is 0 Å². The van der Waals surface area contributed by atoms with Crippen molar-refractivity contribution in [1.82, 2.24) is 25.9 Å². The number of hydrogen-bond donors (Lipinski definition) is 2. The van der Waals surface area contributed by atoms with E-state index < -0.39 is 11.7 Å². The zero-order valence-electron chi connectivity index (χ0n) is 15.7. The van der Waals surface area contributed by atoms with Gasteiger partial charge in [-0.3, -0.25) is 4.79 Å². The summed E-state index contributed by atoms with van der Waals surface area (Å²) in [5.41, 5.74) is 1.90. The first-order valence-electron chi connectivity index (χ1n) is 9.03. The number of carbonyl (C=O) groups is 1. The second-order valence-electron chi connectivity index (χ2n) is 6.86. The molecule has 9 heteroatoms. The maximum Gasteiger partial charge on any atom is 0.416 e. The highest BCUT2D eigenvalue weighted by Gasteiger charge is 2.30. The lowest BCUT2D eigenvalue weighted by Gasteiger charge is -2.18. The number of H-pyrrole nitrogens is 1. The molecule has 1 heterocycles. The highest BCUT2D eigenvalue weighted by molar-refractivity contribution is 5.79. The maximum atomic E-state index is 12.8. The van der Waals surface area contributed by atoms with Gasteiger partial charge in [0, 0.05) is 12.5 Å². The molecule has 1 aromatic heterocycles. The second kappa shape index (κ2) is 8.85. The molecule has 0 saturated carbocycles. The monoisotopic (exact) mass is 403 g/mol. The van der Waals surface area contributed by atoms with Gasteiger partial charge in [0.1, 0.15) is 0 Å². The molecular formula is C20H20F3N5O. The van der Waals surface area contributed by atoms with Crippen LogP contribution < -0.4 is 5.32 Å². The van der Waals surface area contributed by atoms with Crippen LogP contribution >= 0.6 is 0 Å². The molecule has 3 rings (SSSR count). The lowest BCUT2D eigenvalue weighted by molar-refractivity contribution is -0.137. The third-order valence-electron chi connectivity index (χ3n) is 4.39. The second-order valence-corrected chi connectivity index (χ2v) is 6.86. The molecule has 6 nitrogen and oxygen atoms in total. The summed E-state index contributed by atoms with van der Waals surface area (Å²) < 4.78 is 38.3. The average Bonchev–Trinajstić information content (AvgIpc) is 3.14. The summed E-state index contributed by atoms with van der Waals surface area (Å²) in [5, 5.41) is 16.6. The highest BCUT2D eigenvalue weighted by Crippen LogP contribution is 2.29. The molecule has 1 amide bonds. The number of nitrogens with zero attached hydrogens (tertiary/aromatic N) is 3. The van der Waals surface area contributed by atoms with Crippen LogP contribution in [-0.4, -0.2) is 32.6 Å². The predicted octanol–water partition coefficient (Wildman–Crippen LogP) is 3.04. The van der Waals surface area contributed by atoms with Crippen molar-refractivity contribution >= 4 is 5.91 Å². The number of hydrogen-bond acceptors (Lipinski definition) is 4. The van der Waals surface area contributed by atoms with Gasteiger partial charge in [-0.15, -0.1) is 10.2 Å². The van der Waals surface area contributed by atoms with Crippen molar-refractivity contribution < 1.29 is 18.0 Å². The number of benzene rings is 2. The van der Waals surface area contributed by atoms with Crippen molar-refractivity contribution in [2.24, 2.45) is 0 Å². The summed E-state index contributed by atoms with van der Waals surface area (Å²) in [6, 6.07) is 12.2. The molecule has 0 aliphatic carbocycles. The number of aromatic nitrogens is 4. The van der Waals surface area contributed by atoms with Crippen LogP contribution in [0.2, 0.25) is 0 Å². The molecule has 0 bridgehead atoms. The van der Waals surface area contributed by atoms with Crippen molar-refractivity contribution in [2.45, 2.75) is 38.4 Å². The van der Waals surface area contributed by atoms with Crippen LogP contribution in [-0.2, 0) is 30.2 Å². The smallest absolute Gasteiger partial charge is 0.352 e. The van der Waals surface area contributed by atoms with Crippen molar-refractivity contribution in [1.29, 1.82) is 0 Å². The van der Waals surface area contributed by atoms with E-state index in [2.05, 4.69) is 25.9 Å². The van der Waals surface area contributed by atoms with Gasteiger partial charge in [0.25, 0.3) is 0 Å². The molecule has 2 N–H and O–H groups in total. The zero-order chi connectivity index (χ0) is 20.9. The van der Waals surface area contributed by atoms with Gasteiger partial charge in [0.15, 0.2) is 5.82 Å². The first-order chi connectivity index (χ1) is 13.8. The molecule has 1 atom stereocenters. The molecule has 0 fully saturated rings. The van der Waals surface area contributed by atoms with E-state index in [9.17, 15) is 18.0 Å². The Balaban J connectivity index is 1.69. The minimum absolute atomic E-state index is 0.184. The molecule has 3 aromatic rings. The number of halogens is 3. The van der Waals surface area contributed by atoms with Crippen LogP contribution in [0, 0.1) is 6.92 Å². The van der Waals surface area contributed by atoms with Gasteiger partial charge in [0.05, 0.1) is 12.0 Å². The molecule has 0 radical (unpaired) electrons. The van der Waals surface area contributed by atoms with Crippen LogP contribution in [0.4, 0.5) is 13.2 Å². The van der Waals surface area contributed by atoms with Gasteiger partial charge in [0.2, 0.25) is 5.91 Å². The van der Waals surface area contributed by atoms with Crippen molar-refractivity contribution in [3.05, 3.63) is 76.6 Å². The topological polar surface area (TPSA) is 83.6 Å². The van der Waals surface area contributed by atoms with E-state index in [1.54, 1.807) is 0 Å². The van der Waals surface area contributed by atoms with E-state index in [4.69, 9.17) is 0 Å². The predicted molar refractivity (Wildman–Crippen MR) is 99.8 cm³/mol. The Bertz CT molecular complexity index is 940. The number of alkyl halides is 3. The Kier molecular flexibility index (Phi) is 6.26. The molecule has 2 aromatic carbocycles. The number of aromatic amines is 1. The molecule has 0 aliphatic rings. The van der Waals surface area contributed by atoms with E-state index in [0.29, 0.717) is 24.2 Å². The van der Waals surface area contributed by atoms with Gasteiger partial charge < -0.3 is 5.32 Å². The molecule has 29 heavy (non-hydrogen) atoms. The van der Waals surface area contributed by atoms with Crippen LogP contribution in [0.15, 0.2) is 48.5 Å². The number of nitrogens with one attached hydrogen (secondary N) is 2. The minimum Gasteiger partial charge on any atom is -0.352 e. The summed E-state index contributed by atoms with van der Waals surface area (Å²) in [5.74, 6) is 0.230. The first-order valence-corrected chi connectivity index (χ1v) is 9.03. The summed E-state index contributed by atoms with van der Waals surface area (Å²) in [4.78, 5) is 12.5. The Morgan fingerprint density at radius 3 is 2.48 bits per heavy atom. The highest BCUT2D eigenvalue weighted by atomic mass is 19.4. The van der Waals surface area contributed by atoms with Gasteiger partial charge in [-0.2, -0.15) is 18.4 Å². The lowest BCUT2D eigenvalue weighted by Crippen LogP contribution is -2.39. The first kappa shape index (κ1) is 20.5. The summed E-state index contributed by atoms with van der Waals surface area (Å²) in [6.45, 7) is 1.95. The van der Waals surface area contributed by atoms with Crippen LogP contribution in [0.1, 0.15) is 28.1 Å². The van der Waals surface area contributed by atoms with Crippen molar-refractivity contribution in [2.75, 3.05) is 0 Å². The summed E-state index contributed by atoms with van der Waals surface area (Å²) in [6.07, 6.45) is -3.54. The Morgan fingerprint density at radius 2 is 1.86 bits per heavy atom. The normalized spacial score (nSPS) is 12.6. The minimum atomic E-state index is -4.38. The van der Waals surface area contributed by atoms with E-state index in [0.717, 1.165) is 23.3 Å². The summed E-state index contributed by atoms with van der Waals surface area (Å²) >= 11 is 0. The van der Waals surface area contributed by atoms with Gasteiger partial charge in [-0.1, -0.05) is 47.2 Å². The maximum absolute atomic E-state index is 12.8. The van der Waals surface area contributed by atoms with Crippen LogP contribution in [0.25, 0.3) is 0 Å². The van der Waals surface area contributed by atoms with E-state index in [-0.39, 0.29) is 18.4 Å². The number of carbonyl (C=O) groups excluding carboxylic acids is 1. The standard InChI is InChI=1S/C20H20F3N5O/c1-13-3-2-4-15(9-13)11-19(29)24-17(12-18-25-27-28-26-18)10-14-5-7-16(8-6-14)20(21,22)23/h2-9,17H,10-12H2,1H3,(H,24,29)(H,25,26,27,28)/t17-/m0/s1. The largest absolute Gasteiger partial charge is 0.416 e. The fourth-order valence-corrected chi connectivity index (χ4v) is 3.06. The van der Waals surface area contributed by atoms with Crippen molar-refractivity contribution in [3.63, 3.8) is 0 Å². The van der Waals surface area contributed by atoms with Crippen LogP contribution in [0.3, 0.4) is 0 Å². The molecule has 0 saturated heterocycles. The Morgan fingerprint density at radius 1 is 1.10 bits per heavy atom. The molecule has 0 aliphatic heterocycles. The Labute approximate surface area is 165 Å². The van der Waals surface area contributed by atoms with Gasteiger partial charge in [-0.05, 0) is 36.6 Å². The van der Waals surface area contributed by atoms with Crippen LogP contribution in [0.5, 0.6) is 0 Å². The third-order valence-corrected chi connectivity index (χ3v) is 4.39. The molecular weight excluding hydrogens is 383 g/mol. The zero-order valence-corrected chi connectivity index (χ0v) is 15.7. The van der Waals surface area contributed by atoms with Gasteiger partial charge >= 0.3 is 6.18 Å². The Hall–Kier alpha value is -3.23. The summed E-state index contributed by atoms with van der Waals surface area (Å²) in [7, 11) is 0. The quantitative estimate of drug-likeness (QED) is 0.635. The van der Waals surface area contributed by atoms with E-state index in [1.807, 2.05) is 31.2 Å². The number of aryl methyl sites for hydroxylation is 1. The van der Waals surface area contributed by atoms with Crippen molar-refractivity contribution in [3.8, 4) is 0 Å².